The first-order valence-electron chi connectivity index (χ1n) is 6.20. The number of rotatable bonds is 4. The molecule has 1 aliphatic rings. The summed E-state index contributed by atoms with van der Waals surface area (Å²) < 4.78 is 60.8. The number of nitrogens with one attached hydrogen (secondary N) is 1. The molecule has 1 atom stereocenters. The zero-order chi connectivity index (χ0) is 15.2. The van der Waals surface area contributed by atoms with Gasteiger partial charge in [-0.05, 0) is 29.9 Å². The Morgan fingerprint density at radius 1 is 1.30 bits per heavy atom. The molecule has 0 aromatic heterocycles. The standard InChI is InChI=1S/C13H16F3NO2S/c1-12(2)7-9(12)8-17-10-5-3-4-6-11(10)20(18,19)13(14,15)16/h3-6,9,17H,7-8H2,1-2H3. The molecule has 1 aliphatic carbocycles. The number of alkyl halides is 3. The van der Waals surface area contributed by atoms with Crippen LogP contribution in [0.15, 0.2) is 29.2 Å². The summed E-state index contributed by atoms with van der Waals surface area (Å²) in [5, 5.41) is 2.83. The van der Waals surface area contributed by atoms with Crippen molar-refractivity contribution in [2.45, 2.75) is 30.7 Å². The molecule has 0 heterocycles. The molecule has 0 amide bonds. The second kappa shape index (κ2) is 4.65. The zero-order valence-corrected chi connectivity index (χ0v) is 12.0. The highest BCUT2D eigenvalue weighted by atomic mass is 32.2. The van der Waals surface area contributed by atoms with Crippen molar-refractivity contribution in [3.8, 4) is 0 Å². The van der Waals surface area contributed by atoms with Gasteiger partial charge in [-0.25, -0.2) is 8.42 Å². The third kappa shape index (κ3) is 2.77. The van der Waals surface area contributed by atoms with Crippen molar-refractivity contribution in [3.05, 3.63) is 24.3 Å². The van der Waals surface area contributed by atoms with E-state index in [0.717, 1.165) is 12.5 Å². The number of halogens is 3. The van der Waals surface area contributed by atoms with Gasteiger partial charge in [0, 0.05) is 6.54 Å². The zero-order valence-electron chi connectivity index (χ0n) is 11.2. The minimum atomic E-state index is -5.33. The van der Waals surface area contributed by atoms with Gasteiger partial charge in [-0.2, -0.15) is 13.2 Å². The van der Waals surface area contributed by atoms with Crippen LogP contribution in [0.3, 0.4) is 0 Å². The Morgan fingerprint density at radius 2 is 1.85 bits per heavy atom. The van der Waals surface area contributed by atoms with Gasteiger partial charge in [-0.1, -0.05) is 26.0 Å². The van der Waals surface area contributed by atoms with Crippen LogP contribution in [0.25, 0.3) is 0 Å². The molecule has 1 fully saturated rings. The van der Waals surface area contributed by atoms with E-state index in [2.05, 4.69) is 19.2 Å². The molecule has 2 rings (SSSR count). The lowest BCUT2D eigenvalue weighted by Gasteiger charge is -2.14. The van der Waals surface area contributed by atoms with Crippen molar-refractivity contribution in [2.24, 2.45) is 11.3 Å². The molecule has 7 heteroatoms. The van der Waals surface area contributed by atoms with Crippen LogP contribution in [0, 0.1) is 11.3 Å². The summed E-state index contributed by atoms with van der Waals surface area (Å²) in [6.07, 6.45) is 0.980. The van der Waals surface area contributed by atoms with Crippen LogP contribution >= 0.6 is 0 Å². The van der Waals surface area contributed by atoms with E-state index in [1.54, 1.807) is 0 Å². The van der Waals surface area contributed by atoms with Crippen LogP contribution in [0.2, 0.25) is 0 Å². The van der Waals surface area contributed by atoms with E-state index in [0.29, 0.717) is 12.5 Å². The maximum absolute atomic E-state index is 12.6. The van der Waals surface area contributed by atoms with Crippen LogP contribution < -0.4 is 5.32 Å². The molecular weight excluding hydrogens is 291 g/mol. The predicted octanol–water partition coefficient (Wildman–Crippen LogP) is 3.44. The van der Waals surface area contributed by atoms with Crippen molar-refractivity contribution >= 4 is 15.5 Å². The Morgan fingerprint density at radius 3 is 2.35 bits per heavy atom. The maximum atomic E-state index is 12.6. The van der Waals surface area contributed by atoms with Gasteiger partial charge in [-0.3, -0.25) is 0 Å². The Balaban J connectivity index is 2.23. The number of sulfone groups is 1. The molecular formula is C13H16F3NO2S. The molecule has 0 radical (unpaired) electrons. The highest BCUT2D eigenvalue weighted by molar-refractivity contribution is 7.92. The van der Waals surface area contributed by atoms with E-state index in [4.69, 9.17) is 0 Å². The van der Waals surface area contributed by atoms with Crippen molar-refractivity contribution in [1.82, 2.24) is 0 Å². The quantitative estimate of drug-likeness (QED) is 0.927. The molecule has 0 aliphatic heterocycles. The van der Waals surface area contributed by atoms with E-state index in [1.165, 1.54) is 18.2 Å². The maximum Gasteiger partial charge on any atom is 0.501 e. The topological polar surface area (TPSA) is 46.2 Å². The average Bonchev–Trinajstić information content (AvgIpc) is 2.93. The lowest BCUT2D eigenvalue weighted by molar-refractivity contribution is -0.0435. The second-order valence-corrected chi connectivity index (χ2v) is 7.63. The van der Waals surface area contributed by atoms with Gasteiger partial charge < -0.3 is 5.32 Å². The lowest BCUT2D eigenvalue weighted by atomic mass is 10.1. The van der Waals surface area contributed by atoms with E-state index in [-0.39, 0.29) is 11.1 Å². The fourth-order valence-electron chi connectivity index (χ4n) is 2.13. The molecule has 1 unspecified atom stereocenters. The van der Waals surface area contributed by atoms with Crippen LogP contribution in [-0.2, 0) is 9.84 Å². The van der Waals surface area contributed by atoms with Crippen molar-refractivity contribution in [3.63, 3.8) is 0 Å². The molecule has 1 N–H and O–H groups in total. The highest BCUT2D eigenvalue weighted by Gasteiger charge is 2.48. The molecule has 0 bridgehead atoms. The molecule has 1 aromatic carbocycles. The summed E-state index contributed by atoms with van der Waals surface area (Å²) in [5.41, 5.74) is -5.11. The van der Waals surface area contributed by atoms with E-state index >= 15 is 0 Å². The van der Waals surface area contributed by atoms with Crippen LogP contribution in [-0.4, -0.2) is 20.5 Å². The fourth-order valence-corrected chi connectivity index (χ4v) is 3.07. The molecule has 0 spiro atoms. The first-order chi connectivity index (χ1) is 9.06. The first kappa shape index (κ1) is 15.2. The summed E-state index contributed by atoms with van der Waals surface area (Å²) in [5.74, 6) is 0.351. The molecule has 1 aromatic rings. The van der Waals surface area contributed by atoms with Gasteiger partial charge in [0.25, 0.3) is 9.84 Å². The van der Waals surface area contributed by atoms with Crippen molar-refractivity contribution in [1.29, 1.82) is 0 Å². The molecule has 3 nitrogen and oxygen atoms in total. The number of hydrogen-bond acceptors (Lipinski definition) is 3. The number of anilines is 1. The Hall–Kier alpha value is -1.24. The summed E-state index contributed by atoms with van der Waals surface area (Å²) in [4.78, 5) is -0.717. The number of para-hydroxylation sites is 1. The van der Waals surface area contributed by atoms with Gasteiger partial charge in [0.05, 0.1) is 10.6 Å². The Kier molecular flexibility index (Phi) is 3.52. The summed E-state index contributed by atoms with van der Waals surface area (Å²) in [6.45, 7) is 4.60. The van der Waals surface area contributed by atoms with Gasteiger partial charge in [-0.15, -0.1) is 0 Å². The Bertz CT molecular complexity index is 608. The number of hydrogen-bond donors (Lipinski definition) is 1. The third-order valence-electron chi connectivity index (χ3n) is 3.74. The summed E-state index contributed by atoms with van der Waals surface area (Å²) in [6, 6.07) is 5.12. The fraction of sp³-hybridized carbons (Fsp3) is 0.538. The first-order valence-corrected chi connectivity index (χ1v) is 7.68. The monoisotopic (exact) mass is 307 g/mol. The Labute approximate surface area is 116 Å². The third-order valence-corrected chi connectivity index (χ3v) is 5.28. The van der Waals surface area contributed by atoms with Crippen LogP contribution in [0.5, 0.6) is 0 Å². The lowest BCUT2D eigenvalue weighted by Crippen LogP contribution is -2.24. The molecule has 112 valence electrons. The summed E-state index contributed by atoms with van der Waals surface area (Å²) >= 11 is 0. The van der Waals surface area contributed by atoms with Gasteiger partial charge in [0.1, 0.15) is 0 Å². The van der Waals surface area contributed by atoms with Crippen LogP contribution in [0.1, 0.15) is 20.3 Å². The van der Waals surface area contributed by atoms with E-state index in [9.17, 15) is 21.6 Å². The van der Waals surface area contributed by atoms with Crippen LogP contribution in [0.4, 0.5) is 18.9 Å². The molecule has 0 saturated heterocycles. The molecule has 1 saturated carbocycles. The number of benzene rings is 1. The van der Waals surface area contributed by atoms with Gasteiger partial charge in [0.15, 0.2) is 0 Å². The largest absolute Gasteiger partial charge is 0.501 e. The van der Waals surface area contributed by atoms with Crippen molar-refractivity contribution < 1.29 is 21.6 Å². The van der Waals surface area contributed by atoms with E-state index in [1.807, 2.05) is 0 Å². The normalized spacial score (nSPS) is 21.6. The second-order valence-electron chi connectivity index (χ2n) is 5.72. The summed E-state index contributed by atoms with van der Waals surface area (Å²) in [7, 11) is -5.33. The predicted molar refractivity (Wildman–Crippen MR) is 70.1 cm³/mol. The minimum absolute atomic E-state index is 0.00697. The minimum Gasteiger partial charge on any atom is -0.384 e. The van der Waals surface area contributed by atoms with Crippen molar-refractivity contribution in [2.75, 3.05) is 11.9 Å². The highest BCUT2D eigenvalue weighted by Crippen LogP contribution is 2.51. The van der Waals surface area contributed by atoms with Gasteiger partial charge in [0.2, 0.25) is 0 Å². The average molecular weight is 307 g/mol. The smallest absolute Gasteiger partial charge is 0.384 e. The molecule has 20 heavy (non-hydrogen) atoms. The SMILES string of the molecule is CC1(C)CC1CNc1ccccc1S(=O)(=O)C(F)(F)F. The van der Waals surface area contributed by atoms with E-state index < -0.39 is 20.2 Å². The van der Waals surface area contributed by atoms with Gasteiger partial charge >= 0.3 is 5.51 Å².